The van der Waals surface area contributed by atoms with E-state index in [2.05, 4.69) is 0 Å². The van der Waals surface area contributed by atoms with Crippen molar-refractivity contribution in [1.82, 2.24) is 0 Å². The zero-order chi connectivity index (χ0) is 10.3. The number of hydrogen-bond acceptors (Lipinski definition) is 4. The number of carboxylic acid groups (broad SMARTS) is 1. The summed E-state index contributed by atoms with van der Waals surface area (Å²) in [4.78, 5) is 30.6. The molecular formula is C8H13NO4. The summed E-state index contributed by atoms with van der Waals surface area (Å²) < 4.78 is 0. The van der Waals surface area contributed by atoms with E-state index < -0.39 is 17.8 Å². The van der Waals surface area contributed by atoms with Crippen molar-refractivity contribution in [1.29, 1.82) is 0 Å². The zero-order valence-corrected chi connectivity index (χ0v) is 7.23. The molecule has 1 unspecified atom stereocenters. The molecule has 0 aromatic rings. The second-order valence-electron chi connectivity index (χ2n) is 2.77. The molecule has 0 amide bonds. The summed E-state index contributed by atoms with van der Waals surface area (Å²) in [6, 6.07) is -0.869. The van der Waals surface area contributed by atoms with Crippen LogP contribution in [0.15, 0.2) is 0 Å². The molecule has 0 aliphatic rings. The number of rotatable bonds is 7. The fourth-order valence-corrected chi connectivity index (χ4v) is 0.846. The van der Waals surface area contributed by atoms with Gasteiger partial charge in [0.2, 0.25) is 0 Å². The monoisotopic (exact) mass is 187 g/mol. The van der Waals surface area contributed by atoms with Crippen molar-refractivity contribution in [3.63, 3.8) is 0 Å². The molecule has 74 valence electrons. The summed E-state index contributed by atoms with van der Waals surface area (Å²) in [5.41, 5.74) is 5.21. The van der Waals surface area contributed by atoms with Crippen LogP contribution in [0.3, 0.4) is 0 Å². The summed E-state index contributed by atoms with van der Waals surface area (Å²) in [6.07, 6.45) is 1.85. The highest BCUT2D eigenvalue weighted by Crippen LogP contribution is 2.02. The lowest BCUT2D eigenvalue weighted by Crippen LogP contribution is -2.29. The Labute approximate surface area is 75.9 Å². The summed E-state index contributed by atoms with van der Waals surface area (Å²) in [5, 5.41) is 8.39. The number of aldehydes is 1. The van der Waals surface area contributed by atoms with Crippen LogP contribution in [0.1, 0.15) is 25.7 Å². The molecule has 3 N–H and O–H groups in total. The number of carbonyl (C=O) groups excluding carboxylic acids is 2. The first-order chi connectivity index (χ1) is 6.07. The maximum absolute atomic E-state index is 10.5. The minimum absolute atomic E-state index is 0.176. The van der Waals surface area contributed by atoms with Crippen molar-refractivity contribution in [2.75, 3.05) is 0 Å². The summed E-state index contributed by atoms with van der Waals surface area (Å²) >= 11 is 0. The van der Waals surface area contributed by atoms with Gasteiger partial charge in [0.25, 0.3) is 0 Å². The van der Waals surface area contributed by atoms with E-state index in [1.807, 2.05) is 0 Å². The number of hydrogen-bond donors (Lipinski definition) is 2. The van der Waals surface area contributed by atoms with Crippen LogP contribution < -0.4 is 5.73 Å². The quantitative estimate of drug-likeness (QED) is 0.324. The van der Waals surface area contributed by atoms with E-state index in [9.17, 15) is 14.4 Å². The number of nitrogens with two attached hydrogens (primary N) is 1. The molecule has 0 saturated heterocycles. The Morgan fingerprint density at radius 2 is 2.00 bits per heavy atom. The van der Waals surface area contributed by atoms with Crippen LogP contribution in [-0.4, -0.2) is 29.2 Å². The fraction of sp³-hybridized carbons (Fsp3) is 0.625. The molecular weight excluding hydrogens is 174 g/mol. The molecule has 0 spiro atoms. The second kappa shape index (κ2) is 6.30. The highest BCUT2D eigenvalue weighted by molar-refractivity contribution is 6.24. The fourth-order valence-electron chi connectivity index (χ4n) is 0.846. The number of aliphatic carboxylic acids is 1. The summed E-state index contributed by atoms with van der Waals surface area (Å²) in [5.74, 6) is -1.49. The topological polar surface area (TPSA) is 97.5 Å². The number of carbonyl (C=O) groups is 3. The van der Waals surface area contributed by atoms with Crippen molar-refractivity contribution < 1.29 is 19.5 Å². The highest BCUT2D eigenvalue weighted by Gasteiger charge is 2.10. The molecule has 5 heteroatoms. The summed E-state index contributed by atoms with van der Waals surface area (Å²) in [7, 11) is 0. The molecule has 0 heterocycles. The van der Waals surface area contributed by atoms with Gasteiger partial charge in [-0.05, 0) is 12.8 Å². The largest absolute Gasteiger partial charge is 0.480 e. The van der Waals surface area contributed by atoms with Crippen LogP contribution in [0.5, 0.6) is 0 Å². The third kappa shape index (κ3) is 5.98. The van der Waals surface area contributed by atoms with Crippen molar-refractivity contribution in [2.24, 2.45) is 5.73 Å². The van der Waals surface area contributed by atoms with Gasteiger partial charge in [-0.25, -0.2) is 0 Å². The molecule has 0 aliphatic heterocycles. The van der Waals surface area contributed by atoms with Crippen molar-refractivity contribution in [3.8, 4) is 0 Å². The molecule has 0 rings (SSSR count). The molecule has 0 saturated carbocycles. The summed E-state index contributed by atoms with van der Waals surface area (Å²) in [6.45, 7) is 0. The number of Topliss-reactive ketones (excluding diaryl/α,β-unsaturated/α-hetero) is 1. The van der Waals surface area contributed by atoms with Crippen LogP contribution in [0.4, 0.5) is 0 Å². The third-order valence-electron chi connectivity index (χ3n) is 1.64. The van der Waals surface area contributed by atoms with Gasteiger partial charge in [0.05, 0.1) is 0 Å². The van der Waals surface area contributed by atoms with Crippen molar-refractivity contribution >= 4 is 18.0 Å². The van der Waals surface area contributed by atoms with Crippen LogP contribution >= 0.6 is 0 Å². The van der Waals surface area contributed by atoms with Crippen LogP contribution in [0.2, 0.25) is 0 Å². The SMILES string of the molecule is NC(CCCCC(=O)C=O)C(=O)O. The average molecular weight is 187 g/mol. The van der Waals surface area contributed by atoms with Gasteiger partial charge in [0.15, 0.2) is 12.1 Å². The third-order valence-corrected chi connectivity index (χ3v) is 1.64. The minimum Gasteiger partial charge on any atom is -0.480 e. The van der Waals surface area contributed by atoms with Crippen LogP contribution in [0.25, 0.3) is 0 Å². The van der Waals surface area contributed by atoms with Gasteiger partial charge in [-0.1, -0.05) is 6.42 Å². The standard InChI is InChI=1S/C8H13NO4/c9-7(8(12)13)4-2-1-3-6(11)5-10/h5,7H,1-4,9H2,(H,12,13). The average Bonchev–Trinajstić information content (AvgIpc) is 2.11. The Morgan fingerprint density at radius 1 is 1.38 bits per heavy atom. The van der Waals surface area contributed by atoms with Gasteiger partial charge < -0.3 is 10.8 Å². The lowest BCUT2D eigenvalue weighted by atomic mass is 10.1. The van der Waals surface area contributed by atoms with E-state index >= 15 is 0 Å². The van der Waals surface area contributed by atoms with E-state index in [0.29, 0.717) is 19.3 Å². The molecule has 1 atom stereocenters. The molecule has 5 nitrogen and oxygen atoms in total. The van der Waals surface area contributed by atoms with Crippen LogP contribution in [0, 0.1) is 0 Å². The number of ketones is 1. The smallest absolute Gasteiger partial charge is 0.320 e. The Kier molecular flexibility index (Phi) is 5.71. The highest BCUT2D eigenvalue weighted by atomic mass is 16.4. The van der Waals surface area contributed by atoms with Gasteiger partial charge in [0, 0.05) is 6.42 Å². The van der Waals surface area contributed by atoms with Crippen molar-refractivity contribution in [3.05, 3.63) is 0 Å². The van der Waals surface area contributed by atoms with Crippen molar-refractivity contribution in [2.45, 2.75) is 31.7 Å². The maximum Gasteiger partial charge on any atom is 0.320 e. The van der Waals surface area contributed by atoms with Gasteiger partial charge >= 0.3 is 5.97 Å². The predicted molar refractivity (Wildman–Crippen MR) is 45.2 cm³/mol. The first-order valence-electron chi connectivity index (χ1n) is 4.04. The molecule has 0 fully saturated rings. The van der Waals surface area contributed by atoms with Gasteiger partial charge in [0.1, 0.15) is 6.04 Å². The predicted octanol–water partition coefficient (Wildman–Crippen LogP) is -0.273. The molecule has 0 aliphatic carbocycles. The maximum atomic E-state index is 10.5. The van der Waals surface area contributed by atoms with E-state index in [4.69, 9.17) is 10.8 Å². The molecule has 0 aromatic heterocycles. The lowest BCUT2D eigenvalue weighted by Gasteiger charge is -2.03. The Balaban J connectivity index is 3.40. The van der Waals surface area contributed by atoms with Crippen LogP contribution in [-0.2, 0) is 14.4 Å². The second-order valence-corrected chi connectivity index (χ2v) is 2.77. The molecule has 0 radical (unpaired) electrons. The Hall–Kier alpha value is -1.23. The van der Waals surface area contributed by atoms with E-state index in [1.54, 1.807) is 0 Å². The Morgan fingerprint density at radius 3 is 2.46 bits per heavy atom. The molecule has 0 bridgehead atoms. The van der Waals surface area contributed by atoms with E-state index in [-0.39, 0.29) is 12.7 Å². The first-order valence-corrected chi connectivity index (χ1v) is 4.04. The Bertz CT molecular complexity index is 202. The first kappa shape index (κ1) is 11.8. The normalized spacial score (nSPS) is 12.1. The van der Waals surface area contributed by atoms with E-state index in [0.717, 1.165) is 0 Å². The van der Waals surface area contributed by atoms with Gasteiger partial charge in [-0.3, -0.25) is 14.4 Å². The molecule has 13 heavy (non-hydrogen) atoms. The number of carboxylic acids is 1. The number of unbranched alkanes of at least 4 members (excludes halogenated alkanes) is 1. The molecule has 0 aromatic carbocycles. The lowest BCUT2D eigenvalue weighted by molar-refractivity contribution is -0.138. The van der Waals surface area contributed by atoms with E-state index in [1.165, 1.54) is 0 Å². The van der Waals surface area contributed by atoms with Gasteiger partial charge in [-0.2, -0.15) is 0 Å². The van der Waals surface area contributed by atoms with Gasteiger partial charge in [-0.15, -0.1) is 0 Å². The zero-order valence-electron chi connectivity index (χ0n) is 7.23. The minimum atomic E-state index is -1.04.